The quantitative estimate of drug-likeness (QED) is 0.786. The van der Waals surface area contributed by atoms with E-state index in [1.54, 1.807) is 0 Å². The number of benzene rings is 1. The van der Waals surface area contributed by atoms with Crippen molar-refractivity contribution in [1.82, 2.24) is 9.55 Å². The zero-order valence-corrected chi connectivity index (χ0v) is 11.9. The second-order valence-corrected chi connectivity index (χ2v) is 5.19. The number of aryl methyl sites for hydroxylation is 1. The van der Waals surface area contributed by atoms with Crippen LogP contribution in [-0.2, 0) is 16.6 Å². The molecule has 1 unspecified atom stereocenters. The molecule has 2 heterocycles. The summed E-state index contributed by atoms with van der Waals surface area (Å²) in [4.78, 5) is 18.7. The van der Waals surface area contributed by atoms with Crippen molar-refractivity contribution in [3.05, 3.63) is 24.3 Å². The third kappa shape index (κ3) is 2.03. The lowest BCUT2D eigenvalue weighted by molar-refractivity contribution is -0.142. The molecule has 106 valence electrons. The van der Waals surface area contributed by atoms with E-state index in [9.17, 15) is 4.79 Å². The van der Waals surface area contributed by atoms with Gasteiger partial charge in [0, 0.05) is 13.6 Å². The number of carbonyl (C=O) groups is 1. The molecule has 1 aliphatic heterocycles. The minimum atomic E-state index is -0.218. The van der Waals surface area contributed by atoms with Gasteiger partial charge in [-0.15, -0.1) is 0 Å². The first-order valence-corrected chi connectivity index (χ1v) is 6.98. The van der Waals surface area contributed by atoms with Crippen LogP contribution >= 0.6 is 0 Å². The van der Waals surface area contributed by atoms with Gasteiger partial charge in [0.1, 0.15) is 6.04 Å². The minimum absolute atomic E-state index is 0.170. The molecule has 0 bridgehead atoms. The Kier molecular flexibility index (Phi) is 3.34. The molecule has 0 N–H and O–H groups in total. The van der Waals surface area contributed by atoms with E-state index in [-0.39, 0.29) is 12.0 Å². The topological polar surface area (TPSA) is 47.4 Å². The van der Waals surface area contributed by atoms with Gasteiger partial charge in [0.15, 0.2) is 0 Å². The third-order valence-corrected chi connectivity index (χ3v) is 4.00. The molecular weight excluding hydrogens is 254 g/mol. The molecule has 3 rings (SSSR count). The summed E-state index contributed by atoms with van der Waals surface area (Å²) in [6.07, 6.45) is 2.97. The molecule has 1 aliphatic rings. The summed E-state index contributed by atoms with van der Waals surface area (Å²) in [7, 11) is 3.44. The van der Waals surface area contributed by atoms with E-state index in [1.165, 1.54) is 7.11 Å². The number of carbonyl (C=O) groups excluding carboxylic acids is 1. The molecule has 1 fully saturated rings. The van der Waals surface area contributed by atoms with E-state index >= 15 is 0 Å². The van der Waals surface area contributed by atoms with Crippen molar-refractivity contribution in [2.45, 2.75) is 25.3 Å². The molecule has 0 radical (unpaired) electrons. The zero-order chi connectivity index (χ0) is 14.1. The summed E-state index contributed by atoms with van der Waals surface area (Å²) >= 11 is 0. The summed E-state index contributed by atoms with van der Waals surface area (Å²) < 4.78 is 6.99. The Bertz CT molecular complexity index is 635. The average Bonchev–Trinajstić information content (AvgIpc) is 2.84. The smallest absolute Gasteiger partial charge is 0.328 e. The van der Waals surface area contributed by atoms with Gasteiger partial charge in [0.25, 0.3) is 0 Å². The number of methoxy groups -OCH3 is 1. The number of rotatable bonds is 2. The van der Waals surface area contributed by atoms with Crippen LogP contribution in [0.4, 0.5) is 5.95 Å². The maximum absolute atomic E-state index is 12.0. The molecular formula is C15H19N3O2. The van der Waals surface area contributed by atoms with Crippen LogP contribution in [0, 0.1) is 0 Å². The first-order chi connectivity index (χ1) is 9.72. The molecule has 1 saturated heterocycles. The fraction of sp³-hybridized carbons (Fsp3) is 0.467. The van der Waals surface area contributed by atoms with Crippen LogP contribution < -0.4 is 4.90 Å². The van der Waals surface area contributed by atoms with E-state index in [0.717, 1.165) is 42.8 Å². The van der Waals surface area contributed by atoms with Gasteiger partial charge in [-0.1, -0.05) is 12.1 Å². The summed E-state index contributed by atoms with van der Waals surface area (Å²) in [5.74, 6) is 0.679. The van der Waals surface area contributed by atoms with Gasteiger partial charge in [-0.25, -0.2) is 9.78 Å². The molecule has 0 saturated carbocycles. The predicted octanol–water partition coefficient (Wildman–Crippen LogP) is 2.11. The highest BCUT2D eigenvalue weighted by atomic mass is 16.5. The summed E-state index contributed by atoms with van der Waals surface area (Å²) in [5, 5.41) is 0. The first kappa shape index (κ1) is 13.0. The van der Waals surface area contributed by atoms with E-state index in [4.69, 9.17) is 4.74 Å². The number of para-hydroxylation sites is 2. The van der Waals surface area contributed by atoms with Gasteiger partial charge < -0.3 is 14.2 Å². The van der Waals surface area contributed by atoms with Gasteiger partial charge in [-0.3, -0.25) is 0 Å². The lowest BCUT2D eigenvalue weighted by Gasteiger charge is -2.34. The molecule has 5 nitrogen and oxygen atoms in total. The Labute approximate surface area is 118 Å². The molecule has 1 aromatic heterocycles. The number of fused-ring (bicyclic) bond motifs is 1. The fourth-order valence-electron chi connectivity index (χ4n) is 2.94. The number of hydrogen-bond donors (Lipinski definition) is 0. The number of anilines is 1. The van der Waals surface area contributed by atoms with Crippen molar-refractivity contribution >= 4 is 23.0 Å². The monoisotopic (exact) mass is 273 g/mol. The number of nitrogens with zero attached hydrogens (tertiary/aromatic N) is 3. The Morgan fingerprint density at radius 3 is 2.90 bits per heavy atom. The van der Waals surface area contributed by atoms with Crippen molar-refractivity contribution in [3.63, 3.8) is 0 Å². The highest BCUT2D eigenvalue weighted by Gasteiger charge is 2.32. The van der Waals surface area contributed by atoms with Crippen LogP contribution in [-0.4, -0.2) is 35.2 Å². The molecule has 0 aliphatic carbocycles. The van der Waals surface area contributed by atoms with Crippen LogP contribution in [0.3, 0.4) is 0 Å². The van der Waals surface area contributed by atoms with Crippen molar-refractivity contribution in [3.8, 4) is 0 Å². The molecule has 0 amide bonds. The highest BCUT2D eigenvalue weighted by Crippen LogP contribution is 2.27. The molecule has 0 spiro atoms. The number of aromatic nitrogens is 2. The highest BCUT2D eigenvalue weighted by molar-refractivity contribution is 5.82. The van der Waals surface area contributed by atoms with Gasteiger partial charge in [-0.2, -0.15) is 0 Å². The molecule has 2 aromatic rings. The standard InChI is InChI=1S/C15H19N3O2/c1-17-12-8-4-3-7-11(12)16-15(17)18-10-6-5-9-13(18)14(19)20-2/h3-4,7-8,13H,5-6,9-10H2,1-2H3. The van der Waals surface area contributed by atoms with E-state index in [2.05, 4.69) is 14.5 Å². The summed E-state index contributed by atoms with van der Waals surface area (Å²) in [6.45, 7) is 0.844. The van der Waals surface area contributed by atoms with E-state index in [1.807, 2.05) is 31.3 Å². The van der Waals surface area contributed by atoms with Crippen molar-refractivity contribution in [2.75, 3.05) is 18.6 Å². The molecule has 1 atom stereocenters. The van der Waals surface area contributed by atoms with Crippen LogP contribution in [0.1, 0.15) is 19.3 Å². The predicted molar refractivity (Wildman–Crippen MR) is 77.7 cm³/mol. The van der Waals surface area contributed by atoms with Crippen LogP contribution in [0.2, 0.25) is 0 Å². The van der Waals surface area contributed by atoms with Gasteiger partial charge in [0.05, 0.1) is 18.1 Å². The van der Waals surface area contributed by atoms with E-state index < -0.39 is 0 Å². The van der Waals surface area contributed by atoms with Gasteiger partial charge in [0.2, 0.25) is 5.95 Å². The molecule has 5 heteroatoms. The zero-order valence-electron chi connectivity index (χ0n) is 11.9. The van der Waals surface area contributed by atoms with Crippen LogP contribution in [0.15, 0.2) is 24.3 Å². The maximum atomic E-state index is 12.0. The number of piperidine rings is 1. The van der Waals surface area contributed by atoms with Crippen LogP contribution in [0.25, 0.3) is 11.0 Å². The first-order valence-electron chi connectivity index (χ1n) is 6.98. The fourth-order valence-corrected chi connectivity index (χ4v) is 2.94. The average molecular weight is 273 g/mol. The molecule has 20 heavy (non-hydrogen) atoms. The molecule has 1 aromatic carbocycles. The summed E-state index contributed by atoms with van der Waals surface area (Å²) in [6, 6.07) is 7.80. The van der Waals surface area contributed by atoms with Crippen molar-refractivity contribution in [2.24, 2.45) is 7.05 Å². The van der Waals surface area contributed by atoms with Gasteiger partial charge >= 0.3 is 5.97 Å². The summed E-state index contributed by atoms with van der Waals surface area (Å²) in [5.41, 5.74) is 2.04. The number of ether oxygens (including phenoxy) is 1. The number of hydrogen-bond acceptors (Lipinski definition) is 4. The van der Waals surface area contributed by atoms with Crippen LogP contribution in [0.5, 0.6) is 0 Å². The lowest BCUT2D eigenvalue weighted by atomic mass is 10.0. The maximum Gasteiger partial charge on any atom is 0.328 e. The SMILES string of the molecule is COC(=O)C1CCCCN1c1nc2ccccc2n1C. The number of imidazole rings is 1. The second-order valence-electron chi connectivity index (χ2n) is 5.19. The Hall–Kier alpha value is -2.04. The normalized spacial score (nSPS) is 19.3. The second kappa shape index (κ2) is 5.15. The largest absolute Gasteiger partial charge is 0.467 e. The Morgan fingerprint density at radius 2 is 2.15 bits per heavy atom. The van der Waals surface area contributed by atoms with Crippen molar-refractivity contribution in [1.29, 1.82) is 0 Å². The lowest BCUT2D eigenvalue weighted by Crippen LogP contribution is -2.46. The van der Waals surface area contributed by atoms with Crippen molar-refractivity contribution < 1.29 is 9.53 Å². The van der Waals surface area contributed by atoms with E-state index in [0.29, 0.717) is 0 Å². The van der Waals surface area contributed by atoms with Gasteiger partial charge in [-0.05, 0) is 31.4 Å². The number of esters is 1. The Morgan fingerprint density at radius 1 is 1.35 bits per heavy atom. The third-order valence-electron chi connectivity index (χ3n) is 4.00. The minimum Gasteiger partial charge on any atom is -0.467 e. The Balaban J connectivity index is 2.03.